The second-order valence-electron chi connectivity index (χ2n) is 17.9. The van der Waals surface area contributed by atoms with Gasteiger partial charge in [0, 0.05) is 152 Å². The van der Waals surface area contributed by atoms with Gasteiger partial charge in [-0.05, 0) is 156 Å². The normalized spacial score (nSPS) is 6.97. The molecule has 6 aromatic carbocycles. The van der Waals surface area contributed by atoms with Crippen LogP contribution in [0.15, 0.2) is 182 Å². The number of para-hydroxylation sites is 6. The van der Waals surface area contributed by atoms with E-state index in [1.807, 2.05) is 36.4 Å². The van der Waals surface area contributed by atoms with Gasteiger partial charge in [-0.2, -0.15) is 61.9 Å². The molecule has 6 aromatic rings. The molecule has 0 aliphatic carbocycles. The molecular formula is C78H114CoCr3N24S12+6. The number of thiocarbonyl (C=S) groups is 12. The molecule has 12 N–H and O–H groups in total. The minimum absolute atomic E-state index is 0. The van der Waals surface area contributed by atoms with Crippen molar-refractivity contribution in [3.05, 3.63) is 247 Å². The summed E-state index contributed by atoms with van der Waals surface area (Å²) >= 11 is 44.4. The zero-order chi connectivity index (χ0) is 91.4. The van der Waals surface area contributed by atoms with Gasteiger partial charge in [-0.15, -0.1) is 0 Å². The Balaban J connectivity index is -0.0000000527. The molecular weight excluding hydrogens is 1870 g/mol. The molecule has 118 heavy (non-hydrogen) atoms. The minimum atomic E-state index is 0. The number of benzene rings is 6. The van der Waals surface area contributed by atoms with Gasteiger partial charge < -0.3 is 129 Å². The monoisotopic (exact) mass is 1990 g/mol. The molecule has 0 unspecified atom stereocenters. The van der Waals surface area contributed by atoms with E-state index in [9.17, 15) is 0 Å². The van der Waals surface area contributed by atoms with Crippen molar-refractivity contribution in [2.45, 2.75) is 83.1 Å². The van der Waals surface area contributed by atoms with Gasteiger partial charge in [-0.3, -0.25) is 0 Å². The fourth-order valence-corrected chi connectivity index (χ4v) is 7.37. The molecule has 0 heterocycles. The Kier molecular flexibility index (Phi) is 223. The van der Waals surface area contributed by atoms with E-state index in [0.29, 0.717) is 39.3 Å². The van der Waals surface area contributed by atoms with Crippen molar-refractivity contribution in [2.24, 2.45) is 34.4 Å². The molecule has 0 aliphatic rings. The standard InChI is InChI=1S/6C10H15N.3C2H8N2.12CNS.Co.3Cr/c6*1-3-11(4-2)10-8-6-5-7-9-10;3*3-1-2-4;12*2-1-3;;;;/h6*5-9H,3-4H2,1-2H3;3*1-4H2;;;;;;;;;;;;;;;;/q;;;;;;;;;12*-1;+3;3*+5. The van der Waals surface area contributed by atoms with Crippen molar-refractivity contribution in [3.8, 4) is 0 Å². The van der Waals surface area contributed by atoms with Gasteiger partial charge in [0.15, 0.2) is 0 Å². The van der Waals surface area contributed by atoms with Gasteiger partial charge in [0.05, 0.1) is 0 Å². The Labute approximate surface area is 814 Å². The summed E-state index contributed by atoms with van der Waals surface area (Å²) in [5.74, 6) is 0. The molecule has 3 radical (unpaired) electrons. The van der Waals surface area contributed by atoms with Crippen molar-refractivity contribution >= 4 is 243 Å². The fraction of sp³-hybridized carbons (Fsp3) is 0.385. The van der Waals surface area contributed by atoms with Crippen LogP contribution in [-0.2, 0) is 68.9 Å². The molecule has 0 amide bonds. The summed E-state index contributed by atoms with van der Waals surface area (Å²) in [6, 6.07) is 63.0. The van der Waals surface area contributed by atoms with Gasteiger partial charge in [-0.25, -0.2) is 0 Å². The third-order valence-electron chi connectivity index (χ3n) is 11.8. The molecule has 639 valence electrons. The van der Waals surface area contributed by atoms with E-state index in [1.165, 1.54) is 96.1 Å². The number of nitrogens with two attached hydrogens (primary N) is 6. The summed E-state index contributed by atoms with van der Waals surface area (Å²) in [6.45, 7) is 42.7. The molecule has 0 spiro atoms. The van der Waals surface area contributed by atoms with Crippen molar-refractivity contribution < 1.29 is 68.9 Å². The fourth-order valence-electron chi connectivity index (χ4n) is 7.37. The van der Waals surface area contributed by atoms with Crippen LogP contribution in [0.4, 0.5) is 34.1 Å². The van der Waals surface area contributed by atoms with E-state index >= 15 is 0 Å². The number of nitrogens with zero attached hydrogens (tertiary/aromatic N) is 18. The molecule has 0 saturated carbocycles. The maximum atomic E-state index is 7.13. The Bertz CT molecular complexity index is 2640. The summed E-state index contributed by atoms with van der Waals surface area (Å²) in [7, 11) is 0. The zero-order valence-corrected chi connectivity index (χ0v) is 83.7. The van der Waals surface area contributed by atoms with Gasteiger partial charge in [-0.1, -0.05) is 256 Å². The quantitative estimate of drug-likeness (QED) is 0.0288. The van der Waals surface area contributed by atoms with Gasteiger partial charge in [0.1, 0.15) is 0 Å². The van der Waals surface area contributed by atoms with Crippen molar-refractivity contribution in [3.63, 3.8) is 0 Å². The number of hydrogen-bond acceptors (Lipinski definition) is 24. The number of hydrogen-bond donors (Lipinski definition) is 6. The van der Waals surface area contributed by atoms with Crippen LogP contribution in [0.25, 0.3) is 64.9 Å². The van der Waals surface area contributed by atoms with Crippen molar-refractivity contribution in [2.75, 3.05) is 147 Å². The summed E-state index contributed by atoms with van der Waals surface area (Å²) in [4.78, 5) is 14.0. The van der Waals surface area contributed by atoms with Gasteiger partial charge >= 0.3 is 68.9 Å². The molecule has 0 fully saturated rings. The molecule has 24 nitrogen and oxygen atoms in total. The molecule has 0 aliphatic heterocycles. The molecule has 0 aromatic heterocycles. The first-order chi connectivity index (χ1) is 55.0. The molecule has 0 bridgehead atoms. The maximum Gasteiger partial charge on any atom is 5.00 e. The topological polar surface area (TPSA) is 443 Å². The Morgan fingerprint density at radius 3 is 0.288 bits per heavy atom. The van der Waals surface area contributed by atoms with Gasteiger partial charge in [0.25, 0.3) is 0 Å². The van der Waals surface area contributed by atoms with Crippen LogP contribution in [0.3, 0.4) is 0 Å². The first-order valence-electron chi connectivity index (χ1n) is 34.2. The van der Waals surface area contributed by atoms with E-state index in [2.05, 4.69) is 405 Å². The van der Waals surface area contributed by atoms with Crippen molar-refractivity contribution in [1.29, 1.82) is 0 Å². The number of anilines is 6. The Morgan fingerprint density at radius 1 is 0.186 bits per heavy atom. The van der Waals surface area contributed by atoms with Crippen LogP contribution in [0.2, 0.25) is 0 Å². The van der Waals surface area contributed by atoms with E-state index in [4.69, 9.17) is 99.3 Å². The van der Waals surface area contributed by atoms with Gasteiger partial charge in [0.2, 0.25) is 0 Å². The second-order valence-corrected chi connectivity index (χ2v) is 20.1. The largest absolute Gasteiger partial charge is 5.00 e. The van der Waals surface area contributed by atoms with Crippen LogP contribution in [-0.4, -0.2) is 180 Å². The molecule has 40 heteroatoms. The van der Waals surface area contributed by atoms with E-state index in [1.54, 1.807) is 0 Å². The van der Waals surface area contributed by atoms with Crippen LogP contribution in [0, 0.1) is 0 Å². The number of rotatable bonds is 21. The third-order valence-corrected chi connectivity index (χ3v) is 11.8. The average Bonchev–Trinajstić information content (AvgIpc) is 0.964. The summed E-state index contributed by atoms with van der Waals surface area (Å²) < 4.78 is 0. The summed E-state index contributed by atoms with van der Waals surface area (Å²) in [6.07, 6.45) is 0. The minimum Gasteiger partial charge on any atom is -0.753 e. The first kappa shape index (κ1) is 159. The average molecular weight is 1990 g/mol. The predicted octanol–water partition coefficient (Wildman–Crippen LogP) is 19.8. The summed E-state index contributed by atoms with van der Waals surface area (Å²) in [5, 5.41) is 102. The second kappa shape index (κ2) is 165. The van der Waals surface area contributed by atoms with E-state index in [0.717, 1.165) is 78.5 Å². The molecule has 6 rings (SSSR count). The van der Waals surface area contributed by atoms with E-state index in [-0.39, 0.29) is 68.9 Å². The Morgan fingerprint density at radius 2 is 0.246 bits per heavy atom. The SMILES string of the molecule is CCN(CC)c1ccccc1.CCN(CC)c1ccccc1.CCN(CC)c1ccccc1.CCN(CC)c1ccccc1.CCN(CC)c1ccccc1.CCN(CC)c1ccccc1.NCCN.NCCN.NCCN.[Co+3].[Cr+5].[Cr+5].[Cr+5].[N-]=C=S.[N-]=C=S.[N-]=C=S.[N-]=C=S.[N-]=C=S.[N-]=C=S.[N-]=C=S.[N-]=C=S.[N-]=C=S.[N-]=C=S.[N-]=C=S.[N-]=C=S. The maximum absolute atomic E-state index is 7.13. The van der Waals surface area contributed by atoms with E-state index < -0.39 is 0 Å². The molecule has 0 saturated heterocycles. The van der Waals surface area contributed by atoms with Crippen LogP contribution >= 0.6 is 147 Å². The molecule has 0 atom stereocenters. The number of isothiocyanates is 12. The van der Waals surface area contributed by atoms with Crippen LogP contribution in [0.5, 0.6) is 0 Å². The van der Waals surface area contributed by atoms with Crippen LogP contribution in [0.1, 0.15) is 83.1 Å². The van der Waals surface area contributed by atoms with Crippen LogP contribution < -0.4 is 63.8 Å². The Hall–Kier alpha value is -6.42. The smallest absolute Gasteiger partial charge is 0.753 e. The first-order valence-corrected chi connectivity index (χ1v) is 39.1. The summed E-state index contributed by atoms with van der Waals surface area (Å²) in [5.41, 5.74) is 37.3. The predicted molar refractivity (Wildman–Crippen MR) is 546 cm³/mol. The van der Waals surface area contributed by atoms with Crippen molar-refractivity contribution in [1.82, 2.24) is 0 Å². The zero-order valence-electron chi connectivity index (χ0n) is 69.0. The third kappa shape index (κ3) is 151.